The van der Waals surface area contributed by atoms with Crippen molar-refractivity contribution in [1.82, 2.24) is 0 Å². The first-order valence-electron chi connectivity index (χ1n) is 6.00. The van der Waals surface area contributed by atoms with Gasteiger partial charge in [-0.3, -0.25) is 0 Å². The summed E-state index contributed by atoms with van der Waals surface area (Å²) in [6.07, 6.45) is 6.90. The van der Waals surface area contributed by atoms with Gasteiger partial charge in [-0.05, 0) is 0 Å². The summed E-state index contributed by atoms with van der Waals surface area (Å²) < 4.78 is 7.75. The predicted molar refractivity (Wildman–Crippen MR) is 68.5 cm³/mol. The molecule has 0 amide bonds. The van der Waals surface area contributed by atoms with Crippen LogP contribution in [-0.2, 0) is 24.9 Å². The van der Waals surface area contributed by atoms with Gasteiger partial charge in [0, 0.05) is 0 Å². The van der Waals surface area contributed by atoms with Gasteiger partial charge in [0.2, 0.25) is 0 Å². The zero-order chi connectivity index (χ0) is 12.4. The Labute approximate surface area is 137 Å². The molecule has 0 fully saturated rings. The third-order valence-corrected chi connectivity index (χ3v) is 6.05. The minimum atomic E-state index is -1.50. The number of hydrogen-bond acceptors (Lipinski definition) is 1. The maximum absolute atomic E-state index is 6.21. The number of allylic oxidation sites excluding steroid dienone is 4. The smallest absolute Gasteiger partial charge is 1.00 e. The van der Waals surface area contributed by atoms with Gasteiger partial charge in [0.05, 0.1) is 0 Å². The Morgan fingerprint density at radius 1 is 1.28 bits per heavy atom. The van der Waals surface area contributed by atoms with Crippen molar-refractivity contribution in [3.8, 4) is 0 Å². The minimum absolute atomic E-state index is 0. The second-order valence-corrected chi connectivity index (χ2v) is 11.3. The molecule has 0 radical (unpaired) electrons. The Morgan fingerprint density at radius 2 is 1.83 bits per heavy atom. The molecule has 0 N–H and O–H groups in total. The van der Waals surface area contributed by atoms with Crippen molar-refractivity contribution >= 4 is 8.32 Å². The van der Waals surface area contributed by atoms with Gasteiger partial charge in [-0.1, -0.05) is 0 Å². The predicted octanol–water partition coefficient (Wildman–Crippen LogP) is -1.83. The van der Waals surface area contributed by atoms with E-state index in [1.54, 1.807) is 3.88 Å². The van der Waals surface area contributed by atoms with Crippen LogP contribution in [0.15, 0.2) is 21.6 Å². The standard InChI is InChI=1S/C13H23OSi.2ClH.Ti/c1-13(2,3)14-15(4,5)11-10-12-8-6-7-9-12;;;/h6,8H,7,10-11H2,1-5H3;2*1H;/q;;;+2/p-2. The third-order valence-electron chi connectivity index (χ3n) is 2.61. The molecule has 1 aliphatic rings. The van der Waals surface area contributed by atoms with E-state index in [4.69, 9.17) is 4.43 Å². The Morgan fingerprint density at radius 3 is 2.22 bits per heavy atom. The van der Waals surface area contributed by atoms with Gasteiger partial charge in [-0.25, -0.2) is 0 Å². The molecular formula is C13H23Cl2OSiTi. The van der Waals surface area contributed by atoms with Crippen molar-refractivity contribution in [2.24, 2.45) is 0 Å². The van der Waals surface area contributed by atoms with Gasteiger partial charge in [0.25, 0.3) is 0 Å². The molecule has 0 aliphatic heterocycles. The summed E-state index contributed by atoms with van der Waals surface area (Å²) in [5.41, 5.74) is 1.54. The van der Waals surface area contributed by atoms with Crippen LogP contribution in [0.2, 0.25) is 19.1 Å². The number of rotatable bonds is 4. The first-order chi connectivity index (χ1) is 7.20. The topological polar surface area (TPSA) is 9.23 Å². The molecule has 0 saturated heterocycles. The van der Waals surface area contributed by atoms with Gasteiger partial charge < -0.3 is 24.8 Å². The van der Waals surface area contributed by atoms with Crippen LogP contribution in [0.25, 0.3) is 0 Å². The SMILES string of the molecule is CC(C)(C)O[Si](C)(C)CCC1=[C]([Ti+2])CC=C1.[Cl-].[Cl-]. The molecule has 0 heterocycles. The molecule has 0 aromatic heterocycles. The van der Waals surface area contributed by atoms with Crippen LogP contribution < -0.4 is 24.8 Å². The molecule has 1 rings (SSSR count). The van der Waals surface area contributed by atoms with Gasteiger partial charge >= 0.3 is 113 Å². The zero-order valence-corrected chi connectivity index (χ0v) is 16.0. The Kier molecular flexibility index (Phi) is 9.78. The zero-order valence-electron chi connectivity index (χ0n) is 11.9. The van der Waals surface area contributed by atoms with Crippen LogP contribution in [0.4, 0.5) is 0 Å². The molecule has 5 heteroatoms. The van der Waals surface area contributed by atoms with E-state index in [0.29, 0.717) is 0 Å². The van der Waals surface area contributed by atoms with E-state index in [1.807, 2.05) is 0 Å². The van der Waals surface area contributed by atoms with Crippen molar-refractivity contribution in [3.05, 3.63) is 21.6 Å². The summed E-state index contributed by atoms with van der Waals surface area (Å²) >= 11 is 2.24. The summed E-state index contributed by atoms with van der Waals surface area (Å²) in [7, 11) is -1.50. The summed E-state index contributed by atoms with van der Waals surface area (Å²) in [6.45, 7) is 11.1. The molecule has 18 heavy (non-hydrogen) atoms. The van der Waals surface area contributed by atoms with Crippen molar-refractivity contribution in [3.63, 3.8) is 0 Å². The van der Waals surface area contributed by atoms with E-state index >= 15 is 0 Å². The monoisotopic (exact) mass is 341 g/mol. The molecule has 0 aromatic carbocycles. The van der Waals surface area contributed by atoms with E-state index < -0.39 is 8.32 Å². The first kappa shape index (κ1) is 21.3. The van der Waals surface area contributed by atoms with Gasteiger partial charge in [0.15, 0.2) is 0 Å². The second-order valence-electron chi connectivity index (χ2n) is 6.08. The third kappa shape index (κ3) is 8.19. The fourth-order valence-electron chi connectivity index (χ4n) is 2.10. The molecule has 0 unspecified atom stereocenters. The molecule has 0 spiro atoms. The van der Waals surface area contributed by atoms with E-state index in [9.17, 15) is 0 Å². The Balaban J connectivity index is 0. The molecule has 1 nitrogen and oxygen atoms in total. The molecule has 1 aliphatic carbocycles. The summed E-state index contributed by atoms with van der Waals surface area (Å²) in [6, 6.07) is 1.22. The van der Waals surface area contributed by atoms with Crippen molar-refractivity contribution in [2.45, 2.75) is 58.4 Å². The Bertz CT molecular complexity index is 319. The van der Waals surface area contributed by atoms with Crippen molar-refractivity contribution in [1.29, 1.82) is 0 Å². The molecule has 103 valence electrons. The summed E-state index contributed by atoms with van der Waals surface area (Å²) in [5, 5.41) is 0. The van der Waals surface area contributed by atoms with Crippen molar-refractivity contribution in [2.75, 3.05) is 0 Å². The normalized spacial score (nSPS) is 15.5. The first-order valence-corrected chi connectivity index (χ1v) is 9.90. The van der Waals surface area contributed by atoms with E-state index in [1.165, 1.54) is 18.0 Å². The van der Waals surface area contributed by atoms with Crippen LogP contribution in [0.1, 0.15) is 33.6 Å². The minimum Gasteiger partial charge on any atom is -1.00 e. The summed E-state index contributed by atoms with van der Waals surface area (Å²) in [5.74, 6) is 0. The second kappa shape index (κ2) is 8.29. The van der Waals surface area contributed by atoms with Crippen LogP contribution in [0, 0.1) is 0 Å². The number of hydrogen-bond donors (Lipinski definition) is 0. The Hall–Kier alpha value is 0.951. The van der Waals surface area contributed by atoms with Crippen molar-refractivity contribution < 1.29 is 49.7 Å². The fourth-order valence-corrected chi connectivity index (χ4v) is 5.24. The average Bonchev–Trinajstić information content (AvgIpc) is 2.43. The van der Waals surface area contributed by atoms with Crippen LogP contribution in [0.3, 0.4) is 0 Å². The quantitative estimate of drug-likeness (QED) is 0.546. The largest absolute Gasteiger partial charge is 1.00 e. The van der Waals surface area contributed by atoms with Gasteiger partial charge in [0.1, 0.15) is 0 Å². The number of halogens is 2. The fraction of sp³-hybridized carbons (Fsp3) is 0.692. The molecular weight excluding hydrogens is 319 g/mol. The molecule has 0 atom stereocenters. The summed E-state index contributed by atoms with van der Waals surface area (Å²) in [4.78, 5) is 0. The van der Waals surface area contributed by atoms with E-state index in [-0.39, 0.29) is 30.4 Å². The van der Waals surface area contributed by atoms with Gasteiger partial charge in [-0.15, -0.1) is 0 Å². The molecule has 0 aromatic rings. The van der Waals surface area contributed by atoms with Crippen LogP contribution >= 0.6 is 0 Å². The maximum atomic E-state index is 6.21. The van der Waals surface area contributed by atoms with Crippen LogP contribution in [0.5, 0.6) is 0 Å². The van der Waals surface area contributed by atoms with Gasteiger partial charge in [-0.2, -0.15) is 0 Å². The molecule has 0 bridgehead atoms. The van der Waals surface area contributed by atoms with E-state index in [0.717, 1.165) is 6.42 Å². The van der Waals surface area contributed by atoms with Crippen LogP contribution in [-0.4, -0.2) is 13.9 Å². The molecule has 0 saturated carbocycles. The maximum Gasteiger partial charge on any atom is -1.00 e. The van der Waals surface area contributed by atoms with E-state index in [2.05, 4.69) is 66.5 Å². The average molecular weight is 342 g/mol.